The van der Waals surface area contributed by atoms with E-state index in [0.29, 0.717) is 5.75 Å². The number of carbonyl (C=O) groups excluding carboxylic acids is 3. The van der Waals surface area contributed by atoms with Gasteiger partial charge in [-0.2, -0.15) is 0 Å². The van der Waals surface area contributed by atoms with E-state index in [1.54, 1.807) is 60.7 Å². The minimum absolute atomic E-state index is 0.135. The Labute approximate surface area is 236 Å². The van der Waals surface area contributed by atoms with Crippen LogP contribution in [0.4, 0.5) is 0 Å². The van der Waals surface area contributed by atoms with Gasteiger partial charge < -0.3 is 37.9 Å². The molecule has 0 amide bonds. The third-order valence-corrected chi connectivity index (χ3v) is 6.35. The van der Waals surface area contributed by atoms with Crippen molar-refractivity contribution in [2.24, 2.45) is 0 Å². The molecule has 0 unspecified atom stereocenters. The highest BCUT2D eigenvalue weighted by Gasteiger charge is 2.51. The molecule has 11 nitrogen and oxygen atoms in total. The highest BCUT2D eigenvalue weighted by Crippen LogP contribution is 2.32. The first-order valence-corrected chi connectivity index (χ1v) is 12.6. The molecule has 0 bridgehead atoms. The summed E-state index contributed by atoms with van der Waals surface area (Å²) in [5.41, 5.74) is 0.471. The van der Waals surface area contributed by atoms with Gasteiger partial charge in [-0.1, -0.05) is 36.4 Å². The monoisotopic (exact) mass is 566 g/mol. The largest absolute Gasteiger partial charge is 0.496 e. The number of hydrogen-bond donors (Lipinski definition) is 0. The number of ether oxygens (including phenoxy) is 8. The van der Waals surface area contributed by atoms with E-state index in [2.05, 4.69) is 0 Å². The van der Waals surface area contributed by atoms with Crippen LogP contribution in [-0.4, -0.2) is 77.6 Å². The summed E-state index contributed by atoms with van der Waals surface area (Å²) < 4.78 is 44.3. The second-order valence-electron chi connectivity index (χ2n) is 8.72. The van der Waals surface area contributed by atoms with E-state index in [1.807, 2.05) is 0 Å². The van der Waals surface area contributed by atoms with Crippen molar-refractivity contribution in [2.45, 2.75) is 24.6 Å². The Morgan fingerprint density at radius 2 is 1.02 bits per heavy atom. The van der Waals surface area contributed by atoms with Crippen LogP contribution in [0.1, 0.15) is 31.1 Å². The normalized spacial score (nSPS) is 19.6. The van der Waals surface area contributed by atoms with E-state index >= 15 is 0 Å². The Balaban J connectivity index is 1.61. The Morgan fingerprint density at radius 3 is 1.46 bits per heavy atom. The molecule has 11 heteroatoms. The summed E-state index contributed by atoms with van der Waals surface area (Å²) in [6.07, 6.45) is -4.68. The van der Waals surface area contributed by atoms with Gasteiger partial charge in [-0.05, 0) is 36.4 Å². The Bertz CT molecular complexity index is 1370. The molecule has 3 aromatic rings. The third kappa shape index (κ3) is 6.59. The van der Waals surface area contributed by atoms with Gasteiger partial charge in [0.25, 0.3) is 0 Å². The topological polar surface area (TPSA) is 125 Å². The summed E-state index contributed by atoms with van der Waals surface area (Å²) in [6, 6.07) is 19.5. The van der Waals surface area contributed by atoms with Crippen molar-refractivity contribution in [1.82, 2.24) is 0 Å². The Kier molecular flexibility index (Phi) is 9.77. The molecule has 0 N–H and O–H groups in total. The number of benzene rings is 3. The van der Waals surface area contributed by atoms with Gasteiger partial charge in [0.05, 0.1) is 21.3 Å². The van der Waals surface area contributed by atoms with Crippen LogP contribution in [0.5, 0.6) is 17.2 Å². The van der Waals surface area contributed by atoms with Crippen LogP contribution in [0.15, 0.2) is 72.8 Å². The standard InChI is InChI=1S/C30H30O11/c1-34-21-14-8-5-11-18(21)27(31)38-17-24-25(40-28(32)19-12-6-9-15-22(19)35-2)26(30(37-4)39-24)41-29(33)20-13-7-10-16-23(20)36-3/h5-16,24-26,30H,17H2,1-4H3/t24-,25+,26-,30+/m0/s1. The summed E-state index contributed by atoms with van der Waals surface area (Å²) in [5.74, 6) is -1.33. The number of carbonyl (C=O) groups is 3. The highest BCUT2D eigenvalue weighted by atomic mass is 16.7. The maximum absolute atomic E-state index is 13.3. The highest BCUT2D eigenvalue weighted by molar-refractivity contribution is 5.94. The van der Waals surface area contributed by atoms with Crippen molar-refractivity contribution in [1.29, 1.82) is 0 Å². The van der Waals surface area contributed by atoms with Crippen LogP contribution < -0.4 is 14.2 Å². The number of esters is 3. The summed E-state index contributed by atoms with van der Waals surface area (Å²) in [7, 11) is 5.62. The van der Waals surface area contributed by atoms with Crippen molar-refractivity contribution >= 4 is 17.9 Å². The van der Waals surface area contributed by atoms with Crippen molar-refractivity contribution < 1.29 is 52.3 Å². The molecule has 1 aliphatic heterocycles. The molecule has 216 valence electrons. The molecule has 4 atom stereocenters. The molecule has 0 spiro atoms. The molecule has 1 heterocycles. The minimum Gasteiger partial charge on any atom is -0.496 e. The van der Waals surface area contributed by atoms with E-state index in [1.165, 1.54) is 40.6 Å². The first-order valence-electron chi connectivity index (χ1n) is 12.6. The third-order valence-electron chi connectivity index (χ3n) is 6.35. The molecular formula is C30H30O11. The molecule has 0 aliphatic carbocycles. The zero-order valence-corrected chi connectivity index (χ0v) is 22.9. The fourth-order valence-corrected chi connectivity index (χ4v) is 4.33. The summed E-state index contributed by atoms with van der Waals surface area (Å²) >= 11 is 0. The molecule has 41 heavy (non-hydrogen) atoms. The lowest BCUT2D eigenvalue weighted by molar-refractivity contribution is -0.155. The van der Waals surface area contributed by atoms with Crippen LogP contribution in [0, 0.1) is 0 Å². The molecular weight excluding hydrogens is 536 g/mol. The Hall–Kier alpha value is -4.61. The van der Waals surface area contributed by atoms with Crippen LogP contribution in [-0.2, 0) is 23.7 Å². The minimum atomic E-state index is -1.23. The van der Waals surface area contributed by atoms with Crippen molar-refractivity contribution in [3.63, 3.8) is 0 Å². The molecule has 1 aliphatic rings. The molecule has 1 saturated heterocycles. The van der Waals surface area contributed by atoms with Gasteiger partial charge in [0.1, 0.15) is 46.6 Å². The fourth-order valence-electron chi connectivity index (χ4n) is 4.33. The predicted octanol–water partition coefficient (Wildman–Crippen LogP) is 3.69. The van der Waals surface area contributed by atoms with Crippen LogP contribution in [0.25, 0.3) is 0 Å². The lowest BCUT2D eigenvalue weighted by Gasteiger charge is -2.24. The quantitative estimate of drug-likeness (QED) is 0.249. The van der Waals surface area contributed by atoms with Crippen molar-refractivity contribution in [3.05, 3.63) is 89.5 Å². The molecule has 0 saturated carbocycles. The van der Waals surface area contributed by atoms with Gasteiger partial charge in [0.15, 0.2) is 18.5 Å². The smallest absolute Gasteiger partial charge is 0.342 e. The van der Waals surface area contributed by atoms with Crippen LogP contribution >= 0.6 is 0 Å². The summed E-state index contributed by atoms with van der Waals surface area (Å²) in [6.45, 7) is -0.358. The van der Waals surface area contributed by atoms with Gasteiger partial charge >= 0.3 is 17.9 Å². The van der Waals surface area contributed by atoms with Gasteiger partial charge in [0.2, 0.25) is 0 Å². The van der Waals surface area contributed by atoms with E-state index in [9.17, 15) is 14.4 Å². The van der Waals surface area contributed by atoms with Crippen LogP contribution in [0.2, 0.25) is 0 Å². The number of para-hydroxylation sites is 3. The SMILES string of the molecule is COc1ccccc1C(=O)OC[C@@H]1O[C@@H](OC)[C@@H](OC(=O)c2ccccc2OC)[C@@H]1OC(=O)c1ccccc1OC. The lowest BCUT2D eigenvalue weighted by Crippen LogP contribution is -2.42. The first kappa shape index (κ1) is 29.4. The van der Waals surface area contributed by atoms with E-state index in [4.69, 9.17) is 37.9 Å². The molecule has 4 rings (SSSR count). The predicted molar refractivity (Wildman–Crippen MR) is 143 cm³/mol. The number of hydrogen-bond acceptors (Lipinski definition) is 11. The van der Waals surface area contributed by atoms with Gasteiger partial charge in [0, 0.05) is 7.11 Å². The van der Waals surface area contributed by atoms with Crippen LogP contribution in [0.3, 0.4) is 0 Å². The van der Waals surface area contributed by atoms with Gasteiger partial charge in [-0.3, -0.25) is 0 Å². The summed E-state index contributed by atoms with van der Waals surface area (Å²) in [4.78, 5) is 39.3. The zero-order valence-electron chi connectivity index (χ0n) is 22.9. The second kappa shape index (κ2) is 13.6. The van der Waals surface area contributed by atoms with E-state index < -0.39 is 42.5 Å². The lowest BCUT2D eigenvalue weighted by atomic mass is 10.1. The zero-order chi connectivity index (χ0) is 29.4. The average Bonchev–Trinajstić information content (AvgIpc) is 3.34. The molecule has 0 aromatic heterocycles. The number of rotatable bonds is 11. The average molecular weight is 567 g/mol. The second-order valence-corrected chi connectivity index (χ2v) is 8.72. The van der Waals surface area contributed by atoms with Crippen molar-refractivity contribution in [2.75, 3.05) is 35.0 Å². The maximum atomic E-state index is 13.3. The Morgan fingerprint density at radius 1 is 0.610 bits per heavy atom. The molecule has 3 aromatic carbocycles. The number of methoxy groups -OCH3 is 4. The first-order chi connectivity index (χ1) is 19.9. The van der Waals surface area contributed by atoms with E-state index in [0.717, 1.165) is 0 Å². The molecule has 0 radical (unpaired) electrons. The maximum Gasteiger partial charge on any atom is 0.342 e. The van der Waals surface area contributed by atoms with Gasteiger partial charge in [-0.15, -0.1) is 0 Å². The van der Waals surface area contributed by atoms with Crippen molar-refractivity contribution in [3.8, 4) is 17.2 Å². The van der Waals surface area contributed by atoms with E-state index in [-0.39, 0.29) is 34.8 Å². The summed E-state index contributed by atoms with van der Waals surface area (Å²) in [5, 5.41) is 0. The van der Waals surface area contributed by atoms with Gasteiger partial charge in [-0.25, -0.2) is 14.4 Å². The molecule has 1 fully saturated rings. The fraction of sp³-hybridized carbons (Fsp3) is 0.300.